The molecule has 0 heterocycles. The number of esters is 1. The lowest BCUT2D eigenvalue weighted by Gasteiger charge is -2.15. The molecule has 1 aliphatic carbocycles. The van der Waals surface area contributed by atoms with Gasteiger partial charge in [-0.05, 0) is 32.1 Å². The van der Waals surface area contributed by atoms with Gasteiger partial charge in [0.1, 0.15) is 6.54 Å². The first-order valence-electron chi connectivity index (χ1n) is 5.96. The van der Waals surface area contributed by atoms with E-state index in [0.717, 1.165) is 19.3 Å². The zero-order valence-electron chi connectivity index (χ0n) is 10.3. The monoisotopic (exact) mass is 227 g/mol. The van der Waals surface area contributed by atoms with Crippen LogP contribution in [0.3, 0.4) is 0 Å². The lowest BCUT2D eigenvalue weighted by molar-refractivity contribution is -0.148. The highest BCUT2D eigenvalue weighted by Crippen LogP contribution is 2.28. The van der Waals surface area contributed by atoms with Gasteiger partial charge in [0.25, 0.3) is 0 Å². The Morgan fingerprint density at radius 2 is 1.94 bits per heavy atom. The summed E-state index contributed by atoms with van der Waals surface area (Å²) in [6, 6.07) is 0. The second-order valence-corrected chi connectivity index (χ2v) is 4.92. The molecule has 0 aromatic rings. The number of rotatable bonds is 6. The van der Waals surface area contributed by atoms with E-state index in [4.69, 9.17) is 4.74 Å². The summed E-state index contributed by atoms with van der Waals surface area (Å²) in [6.45, 7) is 6.04. The maximum Gasteiger partial charge on any atom is 0.325 e. The van der Waals surface area contributed by atoms with Crippen molar-refractivity contribution in [3.8, 4) is 0 Å². The van der Waals surface area contributed by atoms with Crippen LogP contribution < -0.4 is 5.32 Å². The topological polar surface area (TPSA) is 55.4 Å². The van der Waals surface area contributed by atoms with Crippen LogP contribution in [0.15, 0.2) is 0 Å². The highest BCUT2D eigenvalue weighted by Gasteiger charge is 2.29. The summed E-state index contributed by atoms with van der Waals surface area (Å²) < 4.78 is 5.16. The number of nitrogens with one attached hydrogen (secondary N) is 1. The van der Waals surface area contributed by atoms with E-state index in [0.29, 0.717) is 5.92 Å². The largest absolute Gasteiger partial charge is 0.461 e. The number of hydrogen-bond acceptors (Lipinski definition) is 3. The number of ether oxygens (including phenoxy) is 1. The van der Waals surface area contributed by atoms with Crippen molar-refractivity contribution in [1.29, 1.82) is 0 Å². The van der Waals surface area contributed by atoms with Crippen LogP contribution in [0.2, 0.25) is 0 Å². The minimum absolute atomic E-state index is 0.00221. The fourth-order valence-corrected chi connectivity index (χ4v) is 1.63. The Kier molecular flexibility index (Phi) is 4.77. The lowest BCUT2D eigenvalue weighted by Crippen LogP contribution is -2.33. The molecule has 1 rings (SSSR count). The Hall–Kier alpha value is -1.06. The molecule has 16 heavy (non-hydrogen) atoms. The maximum atomic E-state index is 11.3. The fraction of sp³-hybridized carbons (Fsp3) is 0.833. The second-order valence-electron chi connectivity index (χ2n) is 4.92. The van der Waals surface area contributed by atoms with Gasteiger partial charge in [0.2, 0.25) is 5.91 Å². The Morgan fingerprint density at radius 3 is 2.44 bits per heavy atom. The SMILES string of the molecule is CC(C)C[C@@H](C)OC(=O)CNC(=O)C1CC1. The van der Waals surface area contributed by atoms with E-state index in [-0.39, 0.29) is 30.4 Å². The molecule has 0 spiro atoms. The second kappa shape index (κ2) is 5.87. The molecule has 1 saturated carbocycles. The minimum Gasteiger partial charge on any atom is -0.461 e. The van der Waals surface area contributed by atoms with E-state index in [1.54, 1.807) is 0 Å². The maximum absolute atomic E-state index is 11.3. The molecule has 1 N–H and O–H groups in total. The first-order valence-corrected chi connectivity index (χ1v) is 5.96. The standard InChI is InChI=1S/C12H21NO3/c1-8(2)6-9(3)16-11(14)7-13-12(15)10-4-5-10/h8-10H,4-7H2,1-3H3,(H,13,15)/t9-/m1/s1. The summed E-state index contributed by atoms with van der Waals surface area (Å²) >= 11 is 0. The van der Waals surface area contributed by atoms with E-state index in [2.05, 4.69) is 19.2 Å². The van der Waals surface area contributed by atoms with Gasteiger partial charge in [-0.1, -0.05) is 13.8 Å². The highest BCUT2D eigenvalue weighted by atomic mass is 16.5. The van der Waals surface area contributed by atoms with Crippen molar-refractivity contribution < 1.29 is 14.3 Å². The molecule has 0 saturated heterocycles. The van der Waals surface area contributed by atoms with E-state index < -0.39 is 0 Å². The predicted molar refractivity (Wildman–Crippen MR) is 60.7 cm³/mol. The first kappa shape index (κ1) is 13.0. The van der Waals surface area contributed by atoms with Crippen LogP contribution in [-0.4, -0.2) is 24.5 Å². The molecule has 0 aliphatic heterocycles. The molecule has 1 amide bonds. The molecular weight excluding hydrogens is 206 g/mol. The quantitative estimate of drug-likeness (QED) is 0.699. The summed E-state index contributed by atoms with van der Waals surface area (Å²) in [5.41, 5.74) is 0. The molecule has 1 aliphatic rings. The summed E-state index contributed by atoms with van der Waals surface area (Å²) in [4.78, 5) is 22.6. The molecule has 0 unspecified atom stereocenters. The molecule has 1 atom stereocenters. The molecule has 92 valence electrons. The van der Waals surface area contributed by atoms with Gasteiger partial charge in [0.15, 0.2) is 0 Å². The summed E-state index contributed by atoms with van der Waals surface area (Å²) in [7, 11) is 0. The molecule has 0 bridgehead atoms. The van der Waals surface area contributed by atoms with E-state index in [1.807, 2.05) is 6.92 Å². The van der Waals surface area contributed by atoms with Gasteiger partial charge in [0, 0.05) is 5.92 Å². The van der Waals surface area contributed by atoms with E-state index in [9.17, 15) is 9.59 Å². The Morgan fingerprint density at radius 1 is 1.31 bits per heavy atom. The lowest BCUT2D eigenvalue weighted by atomic mass is 10.1. The Balaban J connectivity index is 2.12. The van der Waals surface area contributed by atoms with Crippen LogP contribution in [-0.2, 0) is 14.3 Å². The molecule has 0 radical (unpaired) electrons. The minimum atomic E-state index is -0.345. The van der Waals surface area contributed by atoms with Gasteiger partial charge in [0.05, 0.1) is 6.10 Å². The zero-order valence-corrected chi connectivity index (χ0v) is 10.3. The predicted octanol–water partition coefficient (Wildman–Crippen LogP) is 1.49. The van der Waals surface area contributed by atoms with Gasteiger partial charge in [-0.2, -0.15) is 0 Å². The number of carbonyl (C=O) groups excluding carboxylic acids is 2. The average Bonchev–Trinajstić information content (AvgIpc) is 2.95. The van der Waals surface area contributed by atoms with Crippen LogP contribution in [0.25, 0.3) is 0 Å². The van der Waals surface area contributed by atoms with Crippen LogP contribution in [0.5, 0.6) is 0 Å². The number of amides is 1. The van der Waals surface area contributed by atoms with Gasteiger partial charge in [-0.15, -0.1) is 0 Å². The van der Waals surface area contributed by atoms with E-state index >= 15 is 0 Å². The van der Waals surface area contributed by atoms with Crippen molar-refractivity contribution in [3.05, 3.63) is 0 Å². The third-order valence-corrected chi connectivity index (χ3v) is 2.49. The molecule has 4 nitrogen and oxygen atoms in total. The number of hydrogen-bond donors (Lipinski definition) is 1. The molecule has 4 heteroatoms. The fourth-order valence-electron chi connectivity index (χ4n) is 1.63. The highest BCUT2D eigenvalue weighted by molar-refractivity contribution is 5.84. The van der Waals surface area contributed by atoms with Gasteiger partial charge in [-0.25, -0.2) is 0 Å². The average molecular weight is 227 g/mol. The van der Waals surface area contributed by atoms with E-state index in [1.165, 1.54) is 0 Å². The van der Waals surface area contributed by atoms with Crippen LogP contribution in [0.4, 0.5) is 0 Å². The van der Waals surface area contributed by atoms with Crippen molar-refractivity contribution in [2.75, 3.05) is 6.54 Å². The van der Waals surface area contributed by atoms with Gasteiger partial charge >= 0.3 is 5.97 Å². The summed E-state index contributed by atoms with van der Waals surface area (Å²) in [6.07, 6.45) is 2.67. The molecule has 0 aromatic carbocycles. The first-order chi connectivity index (χ1) is 7.49. The van der Waals surface area contributed by atoms with Crippen molar-refractivity contribution in [2.45, 2.75) is 46.1 Å². The number of carbonyl (C=O) groups is 2. The Labute approximate surface area is 96.7 Å². The Bertz CT molecular complexity index is 259. The smallest absolute Gasteiger partial charge is 0.325 e. The zero-order chi connectivity index (χ0) is 12.1. The third-order valence-electron chi connectivity index (χ3n) is 2.49. The van der Waals surface area contributed by atoms with Crippen molar-refractivity contribution in [2.24, 2.45) is 11.8 Å². The summed E-state index contributed by atoms with van der Waals surface area (Å²) in [5.74, 6) is 0.278. The van der Waals surface area contributed by atoms with Crippen molar-refractivity contribution >= 4 is 11.9 Å². The molecule has 0 aromatic heterocycles. The van der Waals surface area contributed by atoms with Crippen molar-refractivity contribution in [3.63, 3.8) is 0 Å². The summed E-state index contributed by atoms with van der Waals surface area (Å²) in [5, 5.41) is 2.59. The molecule has 1 fully saturated rings. The third kappa shape index (κ3) is 5.14. The van der Waals surface area contributed by atoms with Crippen LogP contribution in [0.1, 0.15) is 40.0 Å². The van der Waals surface area contributed by atoms with Crippen LogP contribution >= 0.6 is 0 Å². The van der Waals surface area contributed by atoms with Gasteiger partial charge < -0.3 is 10.1 Å². The molecular formula is C12H21NO3. The van der Waals surface area contributed by atoms with Crippen molar-refractivity contribution in [1.82, 2.24) is 5.32 Å². The normalized spacial score (nSPS) is 17.0. The van der Waals surface area contributed by atoms with Crippen LogP contribution in [0, 0.1) is 11.8 Å². The van der Waals surface area contributed by atoms with Gasteiger partial charge in [-0.3, -0.25) is 9.59 Å².